The maximum atomic E-state index is 12.7. The summed E-state index contributed by atoms with van der Waals surface area (Å²) in [5, 5.41) is 0. The van der Waals surface area contributed by atoms with E-state index in [-0.39, 0.29) is 25.8 Å². The largest absolute Gasteiger partial charge is 0.756 e. The van der Waals surface area contributed by atoms with Gasteiger partial charge in [-0.15, -0.1) is 0 Å². The van der Waals surface area contributed by atoms with Crippen LogP contribution in [-0.4, -0.2) is 70.7 Å². The summed E-state index contributed by atoms with van der Waals surface area (Å²) < 4.78 is 34.6. The summed E-state index contributed by atoms with van der Waals surface area (Å²) in [6.07, 6.45) is 46.2. The van der Waals surface area contributed by atoms with Gasteiger partial charge in [0, 0.05) is 13.0 Å². The van der Waals surface area contributed by atoms with Crippen molar-refractivity contribution >= 4 is 13.8 Å². The van der Waals surface area contributed by atoms with Gasteiger partial charge in [0.15, 0.2) is 0 Å². The summed E-state index contributed by atoms with van der Waals surface area (Å²) in [5.41, 5.74) is 0. The van der Waals surface area contributed by atoms with E-state index in [9.17, 15) is 14.3 Å². The van der Waals surface area contributed by atoms with Crippen LogP contribution in [0.2, 0.25) is 0 Å². The summed E-state index contributed by atoms with van der Waals surface area (Å²) in [5.74, 6) is -0.345. The van der Waals surface area contributed by atoms with Crippen molar-refractivity contribution in [2.75, 3.05) is 54.1 Å². The van der Waals surface area contributed by atoms with Crippen LogP contribution < -0.4 is 4.89 Å². The Morgan fingerprint density at radius 2 is 1.00 bits per heavy atom. The summed E-state index contributed by atoms with van der Waals surface area (Å²) in [4.78, 5) is 25.1. The molecule has 0 amide bonds. The van der Waals surface area contributed by atoms with Gasteiger partial charge in [0.1, 0.15) is 19.3 Å². The van der Waals surface area contributed by atoms with Crippen LogP contribution in [0, 0.1) is 0 Å². The van der Waals surface area contributed by atoms with Crippen LogP contribution in [0.25, 0.3) is 0 Å². The lowest BCUT2D eigenvalue weighted by atomic mass is 10.0. The zero-order chi connectivity index (χ0) is 41.3. The number of quaternary nitrogens is 1. The minimum atomic E-state index is -4.53. The average Bonchev–Trinajstić information content (AvgIpc) is 3.15. The standard InChI is InChI=1S/C47H92NO7P/c1-6-8-10-12-14-16-18-20-22-23-24-25-26-27-29-31-33-35-37-39-42-52-44-46(45-54-56(50,51)53-43-41-48(3,4)5)55-47(49)40-38-36-34-32-30-28-21-19-17-15-13-11-9-7-2/h13,15,19,21,46H,6-12,14,16-18,20,22-45H2,1-5H3/b15-13-,21-19-. The van der Waals surface area contributed by atoms with Gasteiger partial charge in [-0.25, -0.2) is 0 Å². The minimum absolute atomic E-state index is 0.0252. The number of allylic oxidation sites excluding steroid dienone is 4. The molecule has 0 aliphatic rings. The SMILES string of the molecule is CCCC/C=C\C/C=C\CCCCCCCC(=O)OC(COCCCCCCCCCCCCCCCCCCCCCC)COP(=O)([O-])OCC[N+](C)(C)C. The molecule has 0 radical (unpaired) electrons. The Kier molecular flexibility index (Phi) is 40.0. The molecule has 0 heterocycles. The fraction of sp³-hybridized carbons (Fsp3) is 0.894. The highest BCUT2D eigenvalue weighted by atomic mass is 31.2. The Morgan fingerprint density at radius 1 is 0.554 bits per heavy atom. The molecule has 0 bridgehead atoms. The lowest BCUT2D eigenvalue weighted by Gasteiger charge is -2.28. The van der Waals surface area contributed by atoms with Crippen LogP contribution in [0.1, 0.15) is 213 Å². The third-order valence-corrected chi connectivity index (χ3v) is 11.2. The quantitative estimate of drug-likeness (QED) is 0.0199. The molecule has 0 spiro atoms. The predicted molar refractivity (Wildman–Crippen MR) is 236 cm³/mol. The highest BCUT2D eigenvalue weighted by Gasteiger charge is 2.20. The molecule has 0 N–H and O–H groups in total. The molecular weight excluding hydrogens is 721 g/mol. The van der Waals surface area contributed by atoms with E-state index >= 15 is 0 Å². The van der Waals surface area contributed by atoms with Crippen molar-refractivity contribution in [1.29, 1.82) is 0 Å². The van der Waals surface area contributed by atoms with Crippen LogP contribution in [0.15, 0.2) is 24.3 Å². The first kappa shape index (κ1) is 55.0. The predicted octanol–water partition coefficient (Wildman–Crippen LogP) is 13.4. The zero-order valence-electron chi connectivity index (χ0n) is 37.6. The number of likely N-dealkylation sites (N-methyl/N-ethyl adjacent to an activating group) is 1. The summed E-state index contributed by atoms with van der Waals surface area (Å²) in [7, 11) is 1.35. The fourth-order valence-electron chi connectivity index (χ4n) is 6.56. The molecule has 332 valence electrons. The van der Waals surface area contributed by atoms with Crippen molar-refractivity contribution in [1.82, 2.24) is 0 Å². The van der Waals surface area contributed by atoms with Gasteiger partial charge in [0.2, 0.25) is 0 Å². The van der Waals surface area contributed by atoms with Gasteiger partial charge in [-0.3, -0.25) is 9.36 Å². The van der Waals surface area contributed by atoms with Crippen LogP contribution in [0.3, 0.4) is 0 Å². The molecule has 0 aliphatic carbocycles. The number of esters is 1. The first-order valence-electron chi connectivity index (χ1n) is 23.6. The van der Waals surface area contributed by atoms with Gasteiger partial charge in [0.05, 0.1) is 34.4 Å². The number of ether oxygens (including phenoxy) is 2. The Hall–Kier alpha value is -1.02. The van der Waals surface area contributed by atoms with Gasteiger partial charge >= 0.3 is 5.97 Å². The van der Waals surface area contributed by atoms with Crippen LogP contribution >= 0.6 is 7.82 Å². The van der Waals surface area contributed by atoms with E-state index < -0.39 is 13.9 Å². The van der Waals surface area contributed by atoms with Crippen molar-refractivity contribution in [3.63, 3.8) is 0 Å². The third-order valence-electron chi connectivity index (χ3n) is 10.3. The molecule has 8 nitrogen and oxygen atoms in total. The van der Waals surface area contributed by atoms with Gasteiger partial charge in [-0.2, -0.15) is 0 Å². The maximum absolute atomic E-state index is 12.7. The number of rotatable bonds is 44. The minimum Gasteiger partial charge on any atom is -0.756 e. The molecule has 9 heteroatoms. The van der Waals surface area contributed by atoms with Gasteiger partial charge < -0.3 is 27.9 Å². The molecule has 56 heavy (non-hydrogen) atoms. The number of hydrogen-bond acceptors (Lipinski definition) is 7. The number of phosphoric ester groups is 1. The van der Waals surface area contributed by atoms with E-state index in [1.165, 1.54) is 135 Å². The lowest BCUT2D eigenvalue weighted by molar-refractivity contribution is -0.870. The third kappa shape index (κ3) is 44.1. The molecule has 0 fully saturated rings. The van der Waals surface area contributed by atoms with Crippen molar-refractivity contribution in [3.8, 4) is 0 Å². The monoisotopic (exact) mass is 814 g/mol. The average molecular weight is 814 g/mol. The number of phosphoric acid groups is 1. The van der Waals surface area contributed by atoms with Crippen LogP contribution in [0.5, 0.6) is 0 Å². The van der Waals surface area contributed by atoms with E-state index in [4.69, 9.17) is 18.5 Å². The summed E-state index contributed by atoms with van der Waals surface area (Å²) in [6.45, 7) is 5.39. The first-order valence-corrected chi connectivity index (χ1v) is 25.0. The Balaban J connectivity index is 4.15. The van der Waals surface area contributed by atoms with E-state index in [1.807, 2.05) is 21.1 Å². The zero-order valence-corrected chi connectivity index (χ0v) is 38.5. The smallest absolute Gasteiger partial charge is 0.306 e. The Morgan fingerprint density at radius 3 is 1.50 bits per heavy atom. The lowest BCUT2D eigenvalue weighted by Crippen LogP contribution is -2.37. The molecule has 0 aromatic heterocycles. The number of carbonyl (C=O) groups is 1. The van der Waals surface area contributed by atoms with E-state index in [1.54, 1.807) is 0 Å². The second-order valence-corrected chi connectivity index (χ2v) is 18.5. The molecule has 0 aromatic carbocycles. The number of unbranched alkanes of at least 4 members (excludes halogenated alkanes) is 26. The molecular formula is C47H92NO7P. The second kappa shape index (κ2) is 40.7. The normalized spacial score (nSPS) is 13.9. The molecule has 0 aliphatic heterocycles. The van der Waals surface area contributed by atoms with Crippen molar-refractivity contribution < 1.29 is 37.3 Å². The van der Waals surface area contributed by atoms with Gasteiger partial charge in [-0.05, 0) is 38.5 Å². The van der Waals surface area contributed by atoms with E-state index in [0.717, 1.165) is 57.8 Å². The summed E-state index contributed by atoms with van der Waals surface area (Å²) >= 11 is 0. The van der Waals surface area contributed by atoms with Crippen molar-refractivity contribution in [2.45, 2.75) is 219 Å². The van der Waals surface area contributed by atoms with E-state index in [0.29, 0.717) is 24.1 Å². The van der Waals surface area contributed by atoms with Gasteiger partial charge in [-0.1, -0.05) is 192 Å². The number of nitrogens with zero attached hydrogens (tertiary/aromatic N) is 1. The van der Waals surface area contributed by atoms with E-state index in [2.05, 4.69) is 38.2 Å². The number of carbonyl (C=O) groups excluding carboxylic acids is 1. The maximum Gasteiger partial charge on any atom is 0.306 e. The molecule has 0 saturated heterocycles. The van der Waals surface area contributed by atoms with Crippen LogP contribution in [0.4, 0.5) is 0 Å². The molecule has 2 atom stereocenters. The van der Waals surface area contributed by atoms with Crippen molar-refractivity contribution in [2.24, 2.45) is 0 Å². The topological polar surface area (TPSA) is 94.1 Å². The second-order valence-electron chi connectivity index (χ2n) is 17.1. The summed E-state index contributed by atoms with van der Waals surface area (Å²) in [6, 6.07) is 0. The highest BCUT2D eigenvalue weighted by molar-refractivity contribution is 7.45. The number of hydrogen-bond donors (Lipinski definition) is 0. The first-order chi connectivity index (χ1) is 27.1. The molecule has 0 saturated carbocycles. The van der Waals surface area contributed by atoms with Crippen molar-refractivity contribution in [3.05, 3.63) is 24.3 Å². The van der Waals surface area contributed by atoms with Gasteiger partial charge in [0.25, 0.3) is 7.82 Å². The van der Waals surface area contributed by atoms with Crippen LogP contribution in [-0.2, 0) is 27.9 Å². The highest BCUT2D eigenvalue weighted by Crippen LogP contribution is 2.38. The molecule has 0 rings (SSSR count). The Bertz CT molecular complexity index is 951. The fourth-order valence-corrected chi connectivity index (χ4v) is 7.29. The molecule has 2 unspecified atom stereocenters. The molecule has 0 aromatic rings. The Labute approximate surface area is 347 Å².